The molecule has 4 heteroatoms. The van der Waals surface area contributed by atoms with Crippen molar-refractivity contribution in [2.24, 2.45) is 0 Å². The van der Waals surface area contributed by atoms with Gasteiger partial charge in [-0.1, -0.05) is 12.8 Å². The molecule has 15 heavy (non-hydrogen) atoms. The van der Waals surface area contributed by atoms with E-state index in [9.17, 15) is 0 Å². The Kier molecular flexibility index (Phi) is 6.11. The van der Waals surface area contributed by atoms with Crippen LogP contribution >= 0.6 is 0 Å². The summed E-state index contributed by atoms with van der Waals surface area (Å²) in [5.41, 5.74) is 0. The average molecular weight is 246 g/mol. The van der Waals surface area contributed by atoms with Gasteiger partial charge in [0, 0.05) is 13.2 Å². The van der Waals surface area contributed by atoms with E-state index in [-0.39, 0.29) is 0 Å². The van der Waals surface area contributed by atoms with E-state index in [0.717, 1.165) is 13.2 Å². The van der Waals surface area contributed by atoms with Crippen LogP contribution in [0.1, 0.15) is 25.7 Å². The van der Waals surface area contributed by atoms with Crippen molar-refractivity contribution in [3.8, 4) is 0 Å². The molecule has 0 aliphatic carbocycles. The molecule has 0 spiro atoms. The van der Waals surface area contributed by atoms with Crippen molar-refractivity contribution in [2.75, 3.05) is 13.2 Å². The predicted molar refractivity (Wildman–Crippen MR) is 70.5 cm³/mol. The normalized spacial score (nSPS) is 30.2. The lowest BCUT2D eigenvalue weighted by atomic mass is 10.4. The fraction of sp³-hybridized carbons (Fsp3) is 1.00. The molecule has 0 aromatic rings. The minimum absolute atomic E-state index is 0.595. The smallest absolute Gasteiger partial charge is 0.186 e. The van der Waals surface area contributed by atoms with Crippen LogP contribution in [0.3, 0.4) is 0 Å². The SMILES string of the molecule is C[SiH]1CCCCO1.C[Si]1(C)CCCCO1. The fourth-order valence-corrected chi connectivity index (χ4v) is 5.52. The molecule has 90 valence electrons. The van der Waals surface area contributed by atoms with Crippen LogP contribution in [-0.2, 0) is 8.85 Å². The largest absolute Gasteiger partial charge is 0.420 e. The Labute approximate surface area is 97.2 Å². The van der Waals surface area contributed by atoms with Gasteiger partial charge in [-0.2, -0.15) is 0 Å². The molecule has 0 saturated carbocycles. The van der Waals surface area contributed by atoms with E-state index in [4.69, 9.17) is 8.85 Å². The van der Waals surface area contributed by atoms with Crippen molar-refractivity contribution in [3.63, 3.8) is 0 Å². The van der Waals surface area contributed by atoms with Crippen molar-refractivity contribution in [3.05, 3.63) is 0 Å². The quantitative estimate of drug-likeness (QED) is 0.611. The molecule has 0 aromatic carbocycles. The van der Waals surface area contributed by atoms with Crippen LogP contribution in [0.5, 0.6) is 0 Å². The summed E-state index contributed by atoms with van der Waals surface area (Å²) in [6, 6.07) is 2.77. The first kappa shape index (κ1) is 13.4. The molecule has 2 heterocycles. The Morgan fingerprint density at radius 3 is 2.00 bits per heavy atom. The van der Waals surface area contributed by atoms with Gasteiger partial charge in [0.05, 0.1) is 0 Å². The van der Waals surface area contributed by atoms with Gasteiger partial charge in [-0.25, -0.2) is 0 Å². The third-order valence-corrected chi connectivity index (χ3v) is 7.64. The Morgan fingerprint density at radius 2 is 1.73 bits per heavy atom. The molecule has 0 radical (unpaired) electrons. The highest BCUT2D eigenvalue weighted by molar-refractivity contribution is 6.71. The Morgan fingerprint density at radius 1 is 1.00 bits per heavy atom. The highest BCUT2D eigenvalue weighted by Gasteiger charge is 2.24. The lowest BCUT2D eigenvalue weighted by Gasteiger charge is -2.27. The van der Waals surface area contributed by atoms with Crippen LogP contribution in [0.15, 0.2) is 0 Å². The highest BCUT2D eigenvalue weighted by atomic mass is 28.4. The summed E-state index contributed by atoms with van der Waals surface area (Å²) >= 11 is 0. The fourth-order valence-electron chi connectivity index (χ4n) is 1.98. The second-order valence-corrected chi connectivity index (χ2v) is 12.1. The number of hydrogen-bond donors (Lipinski definition) is 0. The molecule has 0 N–H and O–H groups in total. The van der Waals surface area contributed by atoms with Crippen LogP contribution in [0.4, 0.5) is 0 Å². The predicted octanol–water partition coefficient (Wildman–Crippen LogP) is 3.15. The summed E-state index contributed by atoms with van der Waals surface area (Å²) in [5.74, 6) is 0. The average Bonchev–Trinajstić information content (AvgIpc) is 2.19. The van der Waals surface area contributed by atoms with Crippen molar-refractivity contribution in [1.82, 2.24) is 0 Å². The zero-order chi connectivity index (χ0) is 11.1. The maximum absolute atomic E-state index is 5.60. The van der Waals surface area contributed by atoms with Gasteiger partial charge in [-0.05, 0) is 44.6 Å². The van der Waals surface area contributed by atoms with Gasteiger partial charge in [0.25, 0.3) is 0 Å². The Hall–Kier alpha value is 0.354. The second kappa shape index (κ2) is 6.83. The van der Waals surface area contributed by atoms with Gasteiger partial charge < -0.3 is 8.85 Å². The van der Waals surface area contributed by atoms with E-state index in [2.05, 4.69) is 19.6 Å². The van der Waals surface area contributed by atoms with Crippen molar-refractivity contribution in [2.45, 2.75) is 57.4 Å². The molecule has 2 nitrogen and oxygen atoms in total. The first-order valence-electron chi connectivity index (χ1n) is 6.36. The summed E-state index contributed by atoms with van der Waals surface area (Å²) in [5, 5.41) is 0. The molecule has 2 aliphatic heterocycles. The van der Waals surface area contributed by atoms with Crippen LogP contribution in [0.25, 0.3) is 0 Å². The maximum Gasteiger partial charge on any atom is 0.186 e. The first-order chi connectivity index (χ1) is 7.10. The summed E-state index contributed by atoms with van der Waals surface area (Å²) in [6.07, 6.45) is 5.42. The van der Waals surface area contributed by atoms with Crippen LogP contribution in [-0.4, -0.2) is 30.6 Å². The lowest BCUT2D eigenvalue weighted by Crippen LogP contribution is -2.33. The van der Waals surface area contributed by atoms with Crippen molar-refractivity contribution < 1.29 is 8.85 Å². The zero-order valence-corrected chi connectivity index (χ0v) is 12.7. The van der Waals surface area contributed by atoms with E-state index >= 15 is 0 Å². The summed E-state index contributed by atoms with van der Waals surface area (Å²) in [7, 11) is -1.68. The standard InChI is InChI=1S/C6H14OSi.C5H12OSi/c1-8(2)6-4-3-5-7-8;1-7-5-3-2-4-6-7/h3-6H2,1-2H3;7H,2-5H2,1H3. The minimum atomic E-state index is -1.09. The van der Waals surface area contributed by atoms with Gasteiger partial charge in [0.1, 0.15) is 0 Å². The second-order valence-electron chi connectivity index (χ2n) is 5.24. The zero-order valence-electron chi connectivity index (χ0n) is 10.6. The third-order valence-electron chi connectivity index (χ3n) is 3.07. The van der Waals surface area contributed by atoms with Crippen LogP contribution < -0.4 is 0 Å². The lowest BCUT2D eigenvalue weighted by molar-refractivity contribution is 0.275. The van der Waals surface area contributed by atoms with Crippen molar-refractivity contribution in [1.29, 1.82) is 0 Å². The topological polar surface area (TPSA) is 18.5 Å². The first-order valence-corrected chi connectivity index (χ1v) is 11.9. The monoisotopic (exact) mass is 246 g/mol. The van der Waals surface area contributed by atoms with Gasteiger partial charge in [0.2, 0.25) is 0 Å². The number of hydrogen-bond acceptors (Lipinski definition) is 2. The van der Waals surface area contributed by atoms with Crippen molar-refractivity contribution >= 4 is 17.4 Å². The third kappa shape index (κ3) is 6.50. The van der Waals surface area contributed by atoms with Gasteiger partial charge in [0.15, 0.2) is 17.4 Å². The summed E-state index contributed by atoms with van der Waals surface area (Å²) in [4.78, 5) is 0. The minimum Gasteiger partial charge on any atom is -0.420 e. The Bertz CT molecular complexity index is 160. The van der Waals surface area contributed by atoms with Gasteiger partial charge in [-0.15, -0.1) is 0 Å². The van der Waals surface area contributed by atoms with E-state index in [1.807, 2.05) is 0 Å². The molecular weight excluding hydrogens is 220 g/mol. The van der Waals surface area contributed by atoms with E-state index in [1.165, 1.54) is 37.8 Å². The molecule has 2 rings (SSSR count). The van der Waals surface area contributed by atoms with E-state index in [0.29, 0.717) is 0 Å². The molecule has 2 fully saturated rings. The van der Waals surface area contributed by atoms with E-state index in [1.54, 1.807) is 0 Å². The van der Waals surface area contributed by atoms with Crippen LogP contribution in [0, 0.1) is 0 Å². The molecule has 1 atom stereocenters. The van der Waals surface area contributed by atoms with Gasteiger partial charge >= 0.3 is 0 Å². The summed E-state index contributed by atoms with van der Waals surface area (Å²) < 4.78 is 11.0. The highest BCUT2D eigenvalue weighted by Crippen LogP contribution is 2.20. The Balaban J connectivity index is 0.000000151. The number of rotatable bonds is 0. The molecule has 0 bridgehead atoms. The molecule has 0 aromatic heterocycles. The van der Waals surface area contributed by atoms with Crippen LogP contribution in [0.2, 0.25) is 31.7 Å². The molecule has 2 saturated heterocycles. The van der Waals surface area contributed by atoms with E-state index < -0.39 is 17.4 Å². The molecule has 2 aliphatic rings. The maximum atomic E-state index is 5.60. The van der Waals surface area contributed by atoms with Gasteiger partial charge in [-0.3, -0.25) is 0 Å². The summed E-state index contributed by atoms with van der Waals surface area (Å²) in [6.45, 7) is 8.95. The molecular formula is C11H26O2Si2. The molecule has 0 amide bonds. The molecule has 1 unspecified atom stereocenters.